The minimum absolute atomic E-state index is 0.0834. The van der Waals surface area contributed by atoms with Crippen LogP contribution in [0.15, 0.2) is 134 Å². The van der Waals surface area contributed by atoms with E-state index >= 15 is 0 Å². The summed E-state index contributed by atoms with van der Waals surface area (Å²) >= 11 is 24.0. The predicted octanol–water partition coefficient (Wildman–Crippen LogP) is 12.3. The summed E-state index contributed by atoms with van der Waals surface area (Å²) in [6.45, 7) is 8.22. The number of nitriles is 2. The normalized spacial score (nSPS) is 11.6. The third-order valence-electron chi connectivity index (χ3n) is 12.8. The third kappa shape index (κ3) is 14.6. The average molecular weight is 1220 g/mol. The minimum atomic E-state index is -0.724. The molecule has 0 amide bonds. The average Bonchev–Trinajstić information content (AvgIpc) is 3.65. The molecule has 0 radical (unpaired) electrons. The lowest BCUT2D eigenvalue weighted by Gasteiger charge is -2.18. The molecule has 0 saturated carbocycles. The number of likely N-dealkylation sites (N-methyl/N-ethyl adjacent to an activating group) is 1. The van der Waals surface area contributed by atoms with Gasteiger partial charge in [-0.05, 0) is 147 Å². The first-order chi connectivity index (χ1) is 40.7. The first kappa shape index (κ1) is 59.6. The quantitative estimate of drug-likeness (QED) is 0.0547. The number of hydrogen-bond acceptors (Lipinski definition) is 19. The van der Waals surface area contributed by atoms with Crippen LogP contribution >= 0.6 is 46.4 Å². The highest BCUT2D eigenvalue weighted by molar-refractivity contribution is 6.29. The topological polar surface area (TPSA) is 284 Å². The van der Waals surface area contributed by atoms with E-state index in [0.717, 1.165) is 76.5 Å². The summed E-state index contributed by atoms with van der Waals surface area (Å²) in [6.07, 6.45) is 15.3. The summed E-state index contributed by atoms with van der Waals surface area (Å²) in [5.41, 5.74) is 2.88. The Bertz CT molecular complexity index is 4150. The molecular weight excluding hydrogens is 1160 g/mol. The van der Waals surface area contributed by atoms with E-state index in [9.17, 15) is 9.65 Å². The van der Waals surface area contributed by atoms with E-state index < -0.39 is 12.2 Å². The van der Waals surface area contributed by atoms with Gasteiger partial charge in [-0.15, -0.1) is 0 Å². The number of nitrogens with zero attached hydrogens (tertiary/aromatic N) is 15. The van der Waals surface area contributed by atoms with Crippen molar-refractivity contribution >= 4 is 108 Å². The molecule has 12 aromatic heterocycles. The van der Waals surface area contributed by atoms with E-state index in [4.69, 9.17) is 69.3 Å². The van der Waals surface area contributed by atoms with Crippen molar-refractivity contribution in [3.05, 3.63) is 166 Å². The zero-order valence-corrected chi connectivity index (χ0v) is 48.7. The zero-order chi connectivity index (χ0) is 59.2. The second kappa shape index (κ2) is 27.8. The van der Waals surface area contributed by atoms with Gasteiger partial charge in [-0.1, -0.05) is 0 Å². The van der Waals surface area contributed by atoms with Crippen molar-refractivity contribution in [3.8, 4) is 12.1 Å². The molecule has 0 aliphatic rings. The van der Waals surface area contributed by atoms with Gasteiger partial charge in [-0.25, -0.2) is 24.0 Å². The molecule has 28 heteroatoms. The molecule has 432 valence electrons. The van der Waals surface area contributed by atoms with Crippen LogP contribution in [0, 0.1) is 22.7 Å². The lowest BCUT2D eigenvalue weighted by Crippen LogP contribution is -2.23. The van der Waals surface area contributed by atoms with Crippen LogP contribution in [-0.2, 0) is 51.1 Å². The Morgan fingerprint density at radius 2 is 1.08 bits per heavy atom. The highest BCUT2D eigenvalue weighted by Gasteiger charge is 2.24. The van der Waals surface area contributed by atoms with E-state index in [1.807, 2.05) is 94.1 Å². The molecule has 12 rings (SSSR count). The van der Waals surface area contributed by atoms with Crippen LogP contribution in [0.5, 0.6) is 0 Å². The number of halogens is 5. The van der Waals surface area contributed by atoms with Gasteiger partial charge in [0.05, 0.1) is 91.4 Å². The summed E-state index contributed by atoms with van der Waals surface area (Å²) in [6, 6.07) is 24.8. The third-order valence-corrected chi connectivity index (χ3v) is 13.5. The molecule has 84 heavy (non-hydrogen) atoms. The fourth-order valence-corrected chi connectivity index (χ4v) is 9.28. The maximum Gasteiger partial charge on any atom is 0.226 e. The van der Waals surface area contributed by atoms with E-state index in [0.29, 0.717) is 64.7 Å². The van der Waals surface area contributed by atoms with Gasteiger partial charge >= 0.3 is 0 Å². The fraction of sp³-hybridized carbons (Fsp3) is 0.268. The first-order valence-corrected chi connectivity index (χ1v) is 27.6. The van der Waals surface area contributed by atoms with Gasteiger partial charge in [0.2, 0.25) is 21.1 Å². The minimum Gasteiger partial charge on any atom is -0.469 e. The van der Waals surface area contributed by atoms with E-state index in [1.165, 1.54) is 4.68 Å². The maximum absolute atomic E-state index is 12.5. The highest BCUT2D eigenvalue weighted by atomic mass is 35.5. The standard InChI is InChI=1S/C15H14ClN5O.C15H17ClN4O.C14H12ClN5O.C12H11ClFN5O/c1-15(2,9-17)21-6-5-11-12(19-14(16)20-13(11)21)18-8-10-4-3-7-22-10;1-17-7-9-20-8-6-12-13(18-15(16)19-14(12)20)5-4-11-3-2-10-21-11;1-9(7-16)20-5-4-11-12(18-14(15)19-13(11)20)17-8-10-3-2-6-21-10;13-12-17-10(15-6-8-2-1-5-20-8)9-7-16-19(4-3-14)11(9)18-12/h3-7H,8H2,1-2H3,(H,18,19,20);2-3,6,8,10,17H,4-5,7,9H2,1H3;2-6,9H,8H2,1H3,(H,17,18,19);1-2,5,7H,3-4,6H2,(H,15,17,18)/t;;9-;/m..0./s1. The van der Waals surface area contributed by atoms with Crippen molar-refractivity contribution in [2.24, 2.45) is 0 Å². The van der Waals surface area contributed by atoms with Gasteiger partial charge in [0, 0.05) is 43.5 Å². The summed E-state index contributed by atoms with van der Waals surface area (Å²) in [5.74, 6) is 5.07. The van der Waals surface area contributed by atoms with Gasteiger partial charge < -0.3 is 52.6 Å². The lowest BCUT2D eigenvalue weighted by molar-refractivity contribution is 0.432. The molecule has 0 bridgehead atoms. The summed E-state index contributed by atoms with van der Waals surface area (Å²) in [4.78, 5) is 33.9. The van der Waals surface area contributed by atoms with E-state index in [1.54, 1.807) is 53.4 Å². The number of hydrogen-bond donors (Lipinski definition) is 4. The summed E-state index contributed by atoms with van der Waals surface area (Å²) < 4.78 is 40.7. The molecule has 1 atom stereocenters. The van der Waals surface area contributed by atoms with E-state index in [-0.39, 0.29) is 28.4 Å². The number of rotatable bonds is 19. The molecule has 12 heterocycles. The second-order valence-corrected chi connectivity index (χ2v) is 20.2. The Kier molecular flexibility index (Phi) is 19.7. The molecule has 0 saturated heterocycles. The molecule has 0 unspecified atom stereocenters. The summed E-state index contributed by atoms with van der Waals surface area (Å²) in [7, 11) is 1.93. The largest absolute Gasteiger partial charge is 0.469 e. The smallest absolute Gasteiger partial charge is 0.226 e. The molecule has 12 aromatic rings. The molecule has 4 N–H and O–H groups in total. The van der Waals surface area contributed by atoms with Gasteiger partial charge in [-0.3, -0.25) is 0 Å². The SMILES string of the molecule is CC(C)(C#N)n1ccc2c(NCc3ccco3)nc(Cl)nc21.CNCCn1ccc2c(CCc3ccco3)nc(Cl)nc21.C[C@@H](C#N)n1ccc2c(NCc3ccco3)nc(Cl)nc21.FCCn1ncc2c(NCc3ccco3)nc(Cl)nc21. The monoisotopic (exact) mass is 1220 g/mol. The molecule has 0 spiro atoms. The van der Waals surface area contributed by atoms with Crippen LogP contribution in [0.1, 0.15) is 55.5 Å². The Hall–Kier alpha value is -9.04. The Balaban J connectivity index is 0.000000134. The number of furan rings is 4. The highest BCUT2D eigenvalue weighted by Crippen LogP contribution is 2.30. The van der Waals surface area contributed by atoms with Crippen molar-refractivity contribution in [2.45, 2.75) is 77.9 Å². The Morgan fingerprint density at radius 1 is 0.583 bits per heavy atom. The molecular formula is C56H54Cl4FN19O4. The van der Waals surface area contributed by atoms with Crippen molar-refractivity contribution in [1.29, 1.82) is 10.5 Å². The van der Waals surface area contributed by atoms with Crippen LogP contribution in [0.25, 0.3) is 44.1 Å². The van der Waals surface area contributed by atoms with Gasteiger partial charge in [0.15, 0.2) is 5.65 Å². The fourth-order valence-electron chi connectivity index (χ4n) is 8.60. The molecule has 0 aliphatic heterocycles. The first-order valence-electron chi connectivity index (χ1n) is 26.1. The number of alkyl halides is 1. The van der Waals surface area contributed by atoms with E-state index in [2.05, 4.69) is 89.0 Å². The van der Waals surface area contributed by atoms with Crippen LogP contribution in [-0.4, -0.2) is 83.6 Å². The van der Waals surface area contributed by atoms with Crippen molar-refractivity contribution in [3.63, 3.8) is 0 Å². The van der Waals surface area contributed by atoms with Crippen molar-refractivity contribution in [2.75, 3.05) is 36.2 Å². The van der Waals surface area contributed by atoms with Gasteiger partial charge in [0.25, 0.3) is 0 Å². The number of aryl methyl sites for hydroxylation is 3. The van der Waals surface area contributed by atoms with Crippen LogP contribution in [0.3, 0.4) is 0 Å². The summed E-state index contributed by atoms with van der Waals surface area (Å²) in [5, 5.41) is 39.1. The molecule has 0 aromatic carbocycles. The molecule has 23 nitrogen and oxygen atoms in total. The predicted molar refractivity (Wildman–Crippen MR) is 317 cm³/mol. The zero-order valence-electron chi connectivity index (χ0n) is 45.6. The number of nitrogens with one attached hydrogen (secondary N) is 4. The molecule has 0 aliphatic carbocycles. The van der Waals surface area contributed by atoms with Crippen LogP contribution < -0.4 is 21.3 Å². The van der Waals surface area contributed by atoms with Gasteiger partial charge in [0.1, 0.15) is 75.7 Å². The van der Waals surface area contributed by atoms with Crippen molar-refractivity contribution < 1.29 is 22.1 Å². The van der Waals surface area contributed by atoms with Crippen LogP contribution in [0.4, 0.5) is 21.8 Å². The van der Waals surface area contributed by atoms with Crippen LogP contribution in [0.2, 0.25) is 21.1 Å². The number of fused-ring (bicyclic) bond motifs is 4. The Morgan fingerprint density at radius 3 is 1.62 bits per heavy atom. The second-order valence-electron chi connectivity index (χ2n) is 18.8. The van der Waals surface area contributed by atoms with Crippen molar-refractivity contribution in [1.82, 2.24) is 68.7 Å². The Labute approximate surface area is 499 Å². The number of anilines is 3. The van der Waals surface area contributed by atoms with Gasteiger partial charge in [-0.2, -0.15) is 40.5 Å². The lowest BCUT2D eigenvalue weighted by atomic mass is 10.1. The maximum atomic E-state index is 12.5. The molecule has 0 fully saturated rings. The number of aromatic nitrogens is 13.